The summed E-state index contributed by atoms with van der Waals surface area (Å²) in [6, 6.07) is 3.55. The van der Waals surface area contributed by atoms with Gasteiger partial charge in [-0.1, -0.05) is 0 Å². The maximum Gasteiger partial charge on any atom is 0.261 e. The van der Waals surface area contributed by atoms with Gasteiger partial charge in [-0.15, -0.1) is 0 Å². The van der Waals surface area contributed by atoms with E-state index in [1.54, 1.807) is 26.4 Å². The molecule has 0 unspecified atom stereocenters. The molecule has 98 valence electrons. The van der Waals surface area contributed by atoms with Gasteiger partial charge in [0.2, 0.25) is 0 Å². The molecule has 0 atom stereocenters. The van der Waals surface area contributed by atoms with Crippen LogP contribution in [0.5, 0.6) is 11.5 Å². The highest BCUT2D eigenvalue weighted by atomic mass is 32.1. The van der Waals surface area contributed by atoms with Crippen molar-refractivity contribution >= 4 is 34.2 Å². The second kappa shape index (κ2) is 4.13. The Labute approximate surface area is 112 Å². The minimum absolute atomic E-state index is 0.239. The lowest BCUT2D eigenvalue weighted by Crippen LogP contribution is -2.06. The van der Waals surface area contributed by atoms with E-state index in [0.29, 0.717) is 22.5 Å². The third-order valence-corrected chi connectivity index (χ3v) is 3.20. The molecule has 0 aliphatic carbocycles. The average Bonchev–Trinajstić information content (AvgIpc) is 2.73. The molecule has 7 heteroatoms. The van der Waals surface area contributed by atoms with Gasteiger partial charge in [-0.05, 0) is 18.3 Å². The van der Waals surface area contributed by atoms with Gasteiger partial charge >= 0.3 is 0 Å². The van der Waals surface area contributed by atoms with E-state index in [4.69, 9.17) is 21.7 Å². The molecule has 3 N–H and O–H groups in total. The van der Waals surface area contributed by atoms with Crippen LogP contribution in [0.1, 0.15) is 0 Å². The van der Waals surface area contributed by atoms with Crippen molar-refractivity contribution in [1.29, 1.82) is 0 Å². The van der Waals surface area contributed by atoms with Gasteiger partial charge in [-0.3, -0.25) is 9.78 Å². The highest BCUT2D eigenvalue weighted by Crippen LogP contribution is 2.34. The molecule has 2 heterocycles. The summed E-state index contributed by atoms with van der Waals surface area (Å²) in [5.74, 6) is 1.16. The van der Waals surface area contributed by atoms with Gasteiger partial charge in [-0.2, -0.15) is 0 Å². The molecule has 3 rings (SSSR count). The number of fused-ring (bicyclic) bond motifs is 3. The second-order valence-corrected chi connectivity index (χ2v) is 4.44. The fourth-order valence-electron chi connectivity index (χ4n) is 2.16. The van der Waals surface area contributed by atoms with Crippen molar-refractivity contribution in [2.75, 3.05) is 14.2 Å². The Kier molecular flexibility index (Phi) is 2.56. The fourth-order valence-corrected chi connectivity index (χ4v) is 2.36. The summed E-state index contributed by atoms with van der Waals surface area (Å²) in [5, 5.41) is 1.27. The summed E-state index contributed by atoms with van der Waals surface area (Å²) in [7, 11) is 3.11. The zero-order valence-corrected chi connectivity index (χ0v) is 11.1. The van der Waals surface area contributed by atoms with E-state index in [0.717, 1.165) is 10.9 Å². The van der Waals surface area contributed by atoms with Crippen LogP contribution in [0.15, 0.2) is 16.9 Å². The van der Waals surface area contributed by atoms with E-state index >= 15 is 0 Å². The van der Waals surface area contributed by atoms with Gasteiger partial charge in [0.25, 0.3) is 5.56 Å². The molecule has 0 spiro atoms. The Bertz CT molecular complexity index is 891. The molecule has 1 aromatic carbocycles. The predicted molar refractivity (Wildman–Crippen MR) is 74.7 cm³/mol. The largest absolute Gasteiger partial charge is 0.493 e. The lowest BCUT2D eigenvalue weighted by Gasteiger charge is -2.06. The first-order valence-corrected chi connectivity index (χ1v) is 5.95. The second-order valence-electron chi connectivity index (χ2n) is 4.04. The number of aromatic amines is 3. The zero-order valence-electron chi connectivity index (χ0n) is 10.3. The summed E-state index contributed by atoms with van der Waals surface area (Å²) < 4.78 is 10.8. The van der Waals surface area contributed by atoms with Gasteiger partial charge in [0.1, 0.15) is 5.65 Å². The average molecular weight is 277 g/mol. The number of rotatable bonds is 2. The summed E-state index contributed by atoms with van der Waals surface area (Å²) in [6.07, 6.45) is 0. The summed E-state index contributed by atoms with van der Waals surface area (Å²) >= 11 is 4.95. The molecular weight excluding hydrogens is 266 g/mol. The van der Waals surface area contributed by atoms with Crippen LogP contribution in [0.2, 0.25) is 0 Å². The van der Waals surface area contributed by atoms with Crippen LogP contribution >= 0.6 is 12.2 Å². The number of hydrogen-bond acceptors (Lipinski definition) is 4. The zero-order chi connectivity index (χ0) is 13.6. The van der Waals surface area contributed by atoms with Crippen molar-refractivity contribution in [1.82, 2.24) is 15.0 Å². The van der Waals surface area contributed by atoms with Crippen LogP contribution in [0.25, 0.3) is 21.9 Å². The molecule has 3 aromatic rings. The molecule has 0 bridgehead atoms. The molecule has 0 aliphatic rings. The molecular formula is C12H11N3O3S. The minimum atomic E-state index is -0.239. The Balaban J connectivity index is 2.52. The first-order chi connectivity index (χ1) is 9.13. The quantitative estimate of drug-likeness (QED) is 0.626. The van der Waals surface area contributed by atoms with Crippen molar-refractivity contribution in [2.24, 2.45) is 0 Å². The summed E-state index contributed by atoms with van der Waals surface area (Å²) in [5.41, 5.74) is 1.12. The van der Waals surface area contributed by atoms with Crippen molar-refractivity contribution in [3.05, 3.63) is 27.3 Å². The molecule has 0 aliphatic heterocycles. The number of aromatic nitrogens is 3. The molecule has 0 saturated heterocycles. The van der Waals surface area contributed by atoms with Crippen LogP contribution in [0, 0.1) is 4.77 Å². The number of benzene rings is 1. The molecule has 0 fully saturated rings. The highest BCUT2D eigenvalue weighted by Gasteiger charge is 2.13. The molecule has 0 radical (unpaired) electrons. The Morgan fingerprint density at radius 1 is 1.05 bits per heavy atom. The van der Waals surface area contributed by atoms with Crippen LogP contribution in [-0.2, 0) is 0 Å². The first-order valence-electron chi connectivity index (χ1n) is 5.54. The van der Waals surface area contributed by atoms with Gasteiger partial charge in [0.05, 0.1) is 25.1 Å². The molecule has 6 nitrogen and oxygen atoms in total. The van der Waals surface area contributed by atoms with Gasteiger partial charge in [0, 0.05) is 11.5 Å². The fraction of sp³-hybridized carbons (Fsp3) is 0.167. The Morgan fingerprint density at radius 3 is 2.42 bits per heavy atom. The van der Waals surface area contributed by atoms with Gasteiger partial charge < -0.3 is 19.4 Å². The van der Waals surface area contributed by atoms with E-state index in [-0.39, 0.29) is 10.3 Å². The van der Waals surface area contributed by atoms with E-state index in [1.165, 1.54) is 0 Å². The Morgan fingerprint density at radius 2 is 1.74 bits per heavy atom. The normalized spacial score (nSPS) is 11.1. The van der Waals surface area contributed by atoms with Crippen molar-refractivity contribution in [3.63, 3.8) is 0 Å². The Hall–Kier alpha value is -2.28. The lowest BCUT2D eigenvalue weighted by atomic mass is 10.2. The van der Waals surface area contributed by atoms with Crippen molar-refractivity contribution in [3.8, 4) is 11.5 Å². The highest BCUT2D eigenvalue weighted by molar-refractivity contribution is 7.71. The first kappa shape index (κ1) is 11.8. The molecule has 0 amide bonds. The van der Waals surface area contributed by atoms with Gasteiger partial charge in [-0.25, -0.2) is 0 Å². The van der Waals surface area contributed by atoms with Crippen LogP contribution in [-0.4, -0.2) is 29.2 Å². The van der Waals surface area contributed by atoms with Crippen LogP contribution < -0.4 is 15.0 Å². The summed E-state index contributed by atoms with van der Waals surface area (Å²) in [4.78, 5) is 20.6. The number of ether oxygens (including phenoxy) is 2. The van der Waals surface area contributed by atoms with E-state index in [1.807, 2.05) is 0 Å². The number of hydrogen-bond donors (Lipinski definition) is 3. The van der Waals surface area contributed by atoms with Crippen molar-refractivity contribution < 1.29 is 9.47 Å². The van der Waals surface area contributed by atoms with Crippen LogP contribution in [0.3, 0.4) is 0 Å². The standard InChI is InChI=1S/C12H11N3O3S/c1-17-7-3-5-6(4-8(7)18-2)13-10-9(5)11(16)15-12(19)14-10/h3-4H,1-2H3,(H3,13,14,15,16,19). The SMILES string of the molecule is COc1cc2[nH]c3[nH]c(=S)[nH]c(=O)c3c2cc1OC. The molecule has 19 heavy (non-hydrogen) atoms. The van der Waals surface area contributed by atoms with E-state index in [2.05, 4.69) is 15.0 Å². The van der Waals surface area contributed by atoms with Gasteiger partial charge in [0.15, 0.2) is 16.3 Å². The number of H-pyrrole nitrogens is 3. The lowest BCUT2D eigenvalue weighted by molar-refractivity contribution is 0.356. The topological polar surface area (TPSA) is 82.9 Å². The molecule has 2 aromatic heterocycles. The van der Waals surface area contributed by atoms with Crippen molar-refractivity contribution in [2.45, 2.75) is 0 Å². The van der Waals surface area contributed by atoms with Crippen LogP contribution in [0.4, 0.5) is 0 Å². The number of methoxy groups -OCH3 is 2. The monoisotopic (exact) mass is 277 g/mol. The third kappa shape index (κ3) is 1.70. The summed E-state index contributed by atoms with van der Waals surface area (Å²) in [6.45, 7) is 0. The van der Waals surface area contributed by atoms with E-state index < -0.39 is 0 Å². The minimum Gasteiger partial charge on any atom is -0.493 e. The molecule has 0 saturated carbocycles. The maximum atomic E-state index is 12.0. The third-order valence-electron chi connectivity index (χ3n) is 3.00. The predicted octanol–water partition coefficient (Wildman–Crippen LogP) is 2.08. The smallest absolute Gasteiger partial charge is 0.261 e. The number of nitrogens with one attached hydrogen (secondary N) is 3. The van der Waals surface area contributed by atoms with E-state index in [9.17, 15) is 4.79 Å². The maximum absolute atomic E-state index is 12.0.